The van der Waals surface area contributed by atoms with Gasteiger partial charge < -0.3 is 10.6 Å². The highest BCUT2D eigenvalue weighted by molar-refractivity contribution is 6.10. The van der Waals surface area contributed by atoms with Crippen molar-refractivity contribution in [2.45, 2.75) is 26.8 Å². The summed E-state index contributed by atoms with van der Waals surface area (Å²) in [6.45, 7) is 3.82. The van der Waals surface area contributed by atoms with Crippen molar-refractivity contribution in [2.75, 3.05) is 10.6 Å². The van der Waals surface area contributed by atoms with Gasteiger partial charge in [-0.1, -0.05) is 31.2 Å². The monoisotopic (exact) mass is 415 g/mol. The number of amides is 2. The van der Waals surface area contributed by atoms with Gasteiger partial charge in [-0.3, -0.25) is 19.9 Å². The van der Waals surface area contributed by atoms with Gasteiger partial charge in [-0.2, -0.15) is 0 Å². The van der Waals surface area contributed by atoms with E-state index in [2.05, 4.69) is 32.9 Å². The maximum absolute atomic E-state index is 12.8. The molecule has 3 rings (SSSR count). The van der Waals surface area contributed by atoms with Crippen LogP contribution in [0.25, 0.3) is 0 Å². The number of benzene rings is 2. The summed E-state index contributed by atoms with van der Waals surface area (Å²) >= 11 is 0. The lowest BCUT2D eigenvalue weighted by Gasteiger charge is -2.13. The summed E-state index contributed by atoms with van der Waals surface area (Å²) in [6, 6.07) is 20.3. The molecule has 1 heterocycles. The number of rotatable bonds is 6. The summed E-state index contributed by atoms with van der Waals surface area (Å²) in [5.74, 6) is -0.234. The van der Waals surface area contributed by atoms with Gasteiger partial charge in [0.25, 0.3) is 5.91 Å². The van der Waals surface area contributed by atoms with Gasteiger partial charge in [0, 0.05) is 30.1 Å². The molecular formula is C24H25N5O2. The summed E-state index contributed by atoms with van der Waals surface area (Å²) in [7, 11) is 0. The second-order valence-electron chi connectivity index (χ2n) is 6.88. The van der Waals surface area contributed by atoms with Crippen molar-refractivity contribution < 1.29 is 9.59 Å². The Morgan fingerprint density at radius 1 is 0.935 bits per heavy atom. The van der Waals surface area contributed by atoms with Crippen molar-refractivity contribution in [2.24, 2.45) is 4.99 Å². The molecule has 0 saturated carbocycles. The molecule has 1 aromatic heterocycles. The minimum atomic E-state index is -0.343. The molecule has 0 aliphatic carbocycles. The third kappa shape index (κ3) is 6.78. The van der Waals surface area contributed by atoms with E-state index < -0.39 is 0 Å². The zero-order chi connectivity index (χ0) is 22.1. The summed E-state index contributed by atoms with van der Waals surface area (Å²) in [4.78, 5) is 32.9. The van der Waals surface area contributed by atoms with Gasteiger partial charge in [0.2, 0.25) is 11.9 Å². The second-order valence-corrected chi connectivity index (χ2v) is 6.88. The van der Waals surface area contributed by atoms with Crippen molar-refractivity contribution in [1.29, 1.82) is 0 Å². The van der Waals surface area contributed by atoms with Gasteiger partial charge >= 0.3 is 0 Å². The largest absolute Gasteiger partial charge is 0.326 e. The first-order valence-electron chi connectivity index (χ1n) is 10.0. The van der Waals surface area contributed by atoms with E-state index in [1.165, 1.54) is 12.5 Å². The van der Waals surface area contributed by atoms with Crippen molar-refractivity contribution in [1.82, 2.24) is 10.3 Å². The fraction of sp³-hybridized carbons (Fsp3) is 0.167. The van der Waals surface area contributed by atoms with Gasteiger partial charge in [0.15, 0.2) is 0 Å². The van der Waals surface area contributed by atoms with Crippen molar-refractivity contribution in [3.8, 4) is 0 Å². The fourth-order valence-corrected chi connectivity index (χ4v) is 2.84. The van der Waals surface area contributed by atoms with Crippen LogP contribution >= 0.6 is 0 Å². The van der Waals surface area contributed by atoms with Crippen molar-refractivity contribution in [3.63, 3.8) is 0 Å². The molecule has 0 radical (unpaired) electrons. The van der Waals surface area contributed by atoms with E-state index in [0.717, 1.165) is 17.8 Å². The second kappa shape index (κ2) is 10.7. The molecule has 0 aliphatic heterocycles. The third-order valence-electron chi connectivity index (χ3n) is 4.43. The normalized spacial score (nSPS) is 11.0. The molecule has 7 nitrogen and oxygen atoms in total. The van der Waals surface area contributed by atoms with Crippen LogP contribution in [0.4, 0.5) is 11.4 Å². The van der Waals surface area contributed by atoms with Gasteiger partial charge in [-0.15, -0.1) is 0 Å². The van der Waals surface area contributed by atoms with E-state index >= 15 is 0 Å². The van der Waals surface area contributed by atoms with E-state index in [9.17, 15) is 9.59 Å². The average molecular weight is 415 g/mol. The first-order chi connectivity index (χ1) is 15.0. The number of pyridine rings is 1. The Morgan fingerprint density at radius 2 is 1.74 bits per heavy atom. The van der Waals surface area contributed by atoms with Crippen LogP contribution < -0.4 is 16.0 Å². The SMILES string of the molecule is CCc1ccc(NC(=NCc2ccccn2)NC(=O)c2cccc(NC(C)=O)c2)cc1. The van der Waals surface area contributed by atoms with Crippen LogP contribution in [0.15, 0.2) is 77.9 Å². The van der Waals surface area contributed by atoms with Gasteiger partial charge in [-0.05, 0) is 54.4 Å². The first kappa shape index (κ1) is 21.7. The molecular weight excluding hydrogens is 390 g/mol. The molecule has 31 heavy (non-hydrogen) atoms. The molecule has 0 atom stereocenters. The number of hydrogen-bond donors (Lipinski definition) is 3. The van der Waals surface area contributed by atoms with E-state index in [4.69, 9.17) is 0 Å². The first-order valence-corrected chi connectivity index (χ1v) is 10.0. The summed E-state index contributed by atoms with van der Waals surface area (Å²) in [5.41, 5.74) is 3.76. The number of nitrogens with one attached hydrogen (secondary N) is 3. The van der Waals surface area contributed by atoms with Crippen LogP contribution in [-0.4, -0.2) is 22.8 Å². The average Bonchev–Trinajstić information content (AvgIpc) is 2.78. The van der Waals surface area contributed by atoms with Crippen LogP contribution in [0.2, 0.25) is 0 Å². The highest BCUT2D eigenvalue weighted by Gasteiger charge is 2.11. The lowest BCUT2D eigenvalue weighted by atomic mass is 10.1. The number of carbonyl (C=O) groups is 2. The standard InChI is InChI=1S/C24H25N5O2/c1-3-18-10-12-20(13-11-18)28-24(26-16-22-8-4-5-14-25-22)29-23(31)19-7-6-9-21(15-19)27-17(2)30/h4-15H,3,16H2,1-2H3,(H,27,30)(H2,26,28,29,31). The summed E-state index contributed by atoms with van der Waals surface area (Å²) in [6.07, 6.45) is 2.65. The predicted molar refractivity (Wildman–Crippen MR) is 123 cm³/mol. The van der Waals surface area contributed by atoms with Crippen molar-refractivity contribution in [3.05, 3.63) is 89.7 Å². The number of guanidine groups is 1. The number of aryl methyl sites for hydroxylation is 1. The summed E-state index contributed by atoms with van der Waals surface area (Å²) in [5, 5.41) is 8.67. The van der Waals surface area contributed by atoms with Crippen LogP contribution in [0, 0.1) is 0 Å². The lowest BCUT2D eigenvalue weighted by Crippen LogP contribution is -2.36. The maximum Gasteiger partial charge on any atom is 0.258 e. The zero-order valence-corrected chi connectivity index (χ0v) is 17.6. The Morgan fingerprint density at radius 3 is 2.42 bits per heavy atom. The number of nitrogens with zero attached hydrogens (tertiary/aromatic N) is 2. The number of carbonyl (C=O) groups excluding carboxylic acids is 2. The Hall–Kier alpha value is -4.00. The molecule has 0 spiro atoms. The van der Waals surface area contributed by atoms with E-state index in [-0.39, 0.29) is 11.8 Å². The van der Waals surface area contributed by atoms with Crippen LogP contribution in [0.5, 0.6) is 0 Å². The summed E-state index contributed by atoms with van der Waals surface area (Å²) < 4.78 is 0. The van der Waals surface area contributed by atoms with Gasteiger partial charge in [0.1, 0.15) is 0 Å². The molecule has 0 fully saturated rings. The highest BCUT2D eigenvalue weighted by atomic mass is 16.2. The van der Waals surface area contributed by atoms with E-state index in [1.807, 2.05) is 42.5 Å². The molecule has 3 aromatic rings. The number of aliphatic imine (C=N–C) groups is 1. The Labute approximate surface area is 181 Å². The molecule has 0 unspecified atom stereocenters. The fourth-order valence-electron chi connectivity index (χ4n) is 2.84. The Balaban J connectivity index is 1.79. The minimum absolute atomic E-state index is 0.202. The van der Waals surface area contributed by atoms with Crippen LogP contribution in [-0.2, 0) is 17.8 Å². The Bertz CT molecular complexity index is 1060. The molecule has 0 bridgehead atoms. The zero-order valence-electron chi connectivity index (χ0n) is 17.6. The Kier molecular flexibility index (Phi) is 7.48. The van der Waals surface area contributed by atoms with Crippen LogP contribution in [0.1, 0.15) is 35.5 Å². The molecule has 3 N–H and O–H groups in total. The van der Waals surface area contributed by atoms with Crippen molar-refractivity contribution >= 4 is 29.1 Å². The molecule has 2 amide bonds. The van der Waals surface area contributed by atoms with Gasteiger partial charge in [-0.25, -0.2) is 4.99 Å². The molecule has 158 valence electrons. The molecule has 7 heteroatoms. The smallest absolute Gasteiger partial charge is 0.258 e. The molecule has 2 aromatic carbocycles. The van der Waals surface area contributed by atoms with Gasteiger partial charge in [0.05, 0.1) is 12.2 Å². The predicted octanol–water partition coefficient (Wildman–Crippen LogP) is 4.00. The maximum atomic E-state index is 12.8. The van der Waals surface area contributed by atoms with E-state index in [0.29, 0.717) is 23.8 Å². The quantitative estimate of drug-likeness (QED) is 0.419. The third-order valence-corrected chi connectivity index (χ3v) is 4.43. The minimum Gasteiger partial charge on any atom is -0.326 e. The molecule has 0 aliphatic rings. The van der Waals surface area contributed by atoms with E-state index in [1.54, 1.807) is 30.5 Å². The van der Waals surface area contributed by atoms with Crippen LogP contribution in [0.3, 0.4) is 0 Å². The number of anilines is 2. The number of hydrogen-bond acceptors (Lipinski definition) is 4. The topological polar surface area (TPSA) is 95.5 Å². The molecule has 0 saturated heterocycles. The highest BCUT2D eigenvalue weighted by Crippen LogP contribution is 2.12. The number of aromatic nitrogens is 1. The lowest BCUT2D eigenvalue weighted by molar-refractivity contribution is -0.114.